The van der Waals surface area contributed by atoms with E-state index in [1.165, 1.54) is 0 Å². The van der Waals surface area contributed by atoms with Crippen molar-refractivity contribution >= 4 is 0 Å². The van der Waals surface area contributed by atoms with E-state index in [1.54, 1.807) is 0 Å². The van der Waals surface area contributed by atoms with Crippen LogP contribution < -0.4 is 15.2 Å². The van der Waals surface area contributed by atoms with Crippen LogP contribution in [0.4, 0.5) is 0 Å². The predicted octanol–water partition coefficient (Wildman–Crippen LogP) is 1.88. The van der Waals surface area contributed by atoms with E-state index in [9.17, 15) is 0 Å². The molecule has 0 saturated carbocycles. The van der Waals surface area contributed by atoms with Gasteiger partial charge in [0.15, 0.2) is 11.5 Å². The van der Waals surface area contributed by atoms with E-state index in [4.69, 9.17) is 19.9 Å². The second-order valence-corrected chi connectivity index (χ2v) is 4.31. The second kappa shape index (κ2) is 5.38. The molecule has 4 nitrogen and oxygen atoms in total. The van der Waals surface area contributed by atoms with Crippen molar-refractivity contribution in [3.05, 3.63) is 23.8 Å². The average molecular weight is 237 g/mol. The van der Waals surface area contributed by atoms with Crippen LogP contribution in [0.25, 0.3) is 0 Å². The summed E-state index contributed by atoms with van der Waals surface area (Å²) in [6.07, 6.45) is 0.0579. The largest absolute Gasteiger partial charge is 0.486 e. The molecule has 0 bridgehead atoms. The molecule has 1 atom stereocenters. The summed E-state index contributed by atoms with van der Waals surface area (Å²) in [5, 5.41) is 0. The third-order valence-corrected chi connectivity index (χ3v) is 2.59. The Balaban J connectivity index is 2.19. The number of ether oxygens (including phenoxy) is 3. The molecule has 0 aromatic heterocycles. The van der Waals surface area contributed by atoms with Gasteiger partial charge in [0.1, 0.15) is 13.2 Å². The second-order valence-electron chi connectivity index (χ2n) is 4.31. The quantitative estimate of drug-likeness (QED) is 0.868. The maximum Gasteiger partial charge on any atom is 0.161 e. The van der Waals surface area contributed by atoms with Gasteiger partial charge in [-0.3, -0.25) is 0 Å². The van der Waals surface area contributed by atoms with Crippen molar-refractivity contribution in [1.29, 1.82) is 0 Å². The molecule has 1 aliphatic rings. The summed E-state index contributed by atoms with van der Waals surface area (Å²) < 4.78 is 16.8. The third-order valence-electron chi connectivity index (χ3n) is 2.59. The summed E-state index contributed by atoms with van der Waals surface area (Å²) in [4.78, 5) is 0. The van der Waals surface area contributed by atoms with Crippen LogP contribution in [0.1, 0.15) is 25.5 Å². The molecule has 0 fully saturated rings. The van der Waals surface area contributed by atoms with Gasteiger partial charge in [-0.05, 0) is 31.5 Å². The smallest absolute Gasteiger partial charge is 0.161 e. The Bertz CT molecular complexity index is 379. The molecule has 2 rings (SSSR count). The van der Waals surface area contributed by atoms with Crippen molar-refractivity contribution in [1.82, 2.24) is 0 Å². The van der Waals surface area contributed by atoms with Crippen molar-refractivity contribution in [2.24, 2.45) is 5.73 Å². The van der Waals surface area contributed by atoms with E-state index in [2.05, 4.69) is 0 Å². The van der Waals surface area contributed by atoms with Gasteiger partial charge in [0, 0.05) is 6.54 Å². The molecule has 1 aromatic rings. The summed E-state index contributed by atoms with van der Waals surface area (Å²) in [7, 11) is 0. The molecule has 1 heterocycles. The molecule has 4 heteroatoms. The number of benzene rings is 1. The Hall–Kier alpha value is -1.26. The van der Waals surface area contributed by atoms with Gasteiger partial charge in [-0.1, -0.05) is 6.07 Å². The van der Waals surface area contributed by atoms with Gasteiger partial charge in [-0.2, -0.15) is 0 Å². The first-order valence-electron chi connectivity index (χ1n) is 5.95. The minimum atomic E-state index is -0.0918. The Kier molecular flexibility index (Phi) is 3.86. The topological polar surface area (TPSA) is 53.7 Å². The Labute approximate surface area is 102 Å². The van der Waals surface area contributed by atoms with Gasteiger partial charge in [0.2, 0.25) is 0 Å². The fourth-order valence-corrected chi connectivity index (χ4v) is 1.86. The Morgan fingerprint density at radius 3 is 2.59 bits per heavy atom. The Morgan fingerprint density at radius 2 is 1.94 bits per heavy atom. The molecule has 17 heavy (non-hydrogen) atoms. The molecule has 0 unspecified atom stereocenters. The first-order valence-corrected chi connectivity index (χ1v) is 5.95. The monoisotopic (exact) mass is 237 g/mol. The fraction of sp³-hybridized carbons (Fsp3) is 0.538. The van der Waals surface area contributed by atoms with Crippen molar-refractivity contribution < 1.29 is 14.2 Å². The van der Waals surface area contributed by atoms with Crippen LogP contribution in [0, 0.1) is 0 Å². The highest BCUT2D eigenvalue weighted by atomic mass is 16.6. The zero-order valence-corrected chi connectivity index (χ0v) is 10.3. The molecular formula is C13H19NO3. The first-order chi connectivity index (χ1) is 8.20. The van der Waals surface area contributed by atoms with Crippen LogP contribution in [0.2, 0.25) is 0 Å². The SMILES string of the molecule is CC(C)O[C@@H](CN)c1ccc2c(c1)OCCO2. The predicted molar refractivity (Wildman–Crippen MR) is 65.4 cm³/mol. The van der Waals surface area contributed by atoms with E-state index < -0.39 is 0 Å². The van der Waals surface area contributed by atoms with Gasteiger partial charge in [-0.25, -0.2) is 0 Å². The van der Waals surface area contributed by atoms with Crippen LogP contribution in [0.15, 0.2) is 18.2 Å². The van der Waals surface area contributed by atoms with E-state index >= 15 is 0 Å². The van der Waals surface area contributed by atoms with Crippen LogP contribution in [-0.2, 0) is 4.74 Å². The number of nitrogens with two attached hydrogens (primary N) is 1. The van der Waals surface area contributed by atoms with Crippen molar-refractivity contribution in [3.8, 4) is 11.5 Å². The van der Waals surface area contributed by atoms with Gasteiger partial charge < -0.3 is 19.9 Å². The maximum absolute atomic E-state index is 5.76. The van der Waals surface area contributed by atoms with E-state index in [0.717, 1.165) is 17.1 Å². The number of hydrogen-bond acceptors (Lipinski definition) is 4. The minimum Gasteiger partial charge on any atom is -0.486 e. The van der Waals surface area contributed by atoms with Crippen LogP contribution in [0.5, 0.6) is 11.5 Å². The third kappa shape index (κ3) is 2.90. The number of rotatable bonds is 4. The molecule has 1 aliphatic heterocycles. The van der Waals surface area contributed by atoms with Gasteiger partial charge >= 0.3 is 0 Å². The van der Waals surface area contributed by atoms with Gasteiger partial charge in [-0.15, -0.1) is 0 Å². The lowest BCUT2D eigenvalue weighted by molar-refractivity contribution is 0.0117. The maximum atomic E-state index is 5.76. The molecule has 0 saturated heterocycles. The summed E-state index contributed by atoms with van der Waals surface area (Å²) in [5.41, 5.74) is 6.76. The summed E-state index contributed by atoms with van der Waals surface area (Å²) in [6.45, 7) is 5.66. The van der Waals surface area contributed by atoms with Crippen LogP contribution in [0.3, 0.4) is 0 Å². The molecule has 0 aliphatic carbocycles. The summed E-state index contributed by atoms with van der Waals surface area (Å²) >= 11 is 0. The highest BCUT2D eigenvalue weighted by Gasteiger charge is 2.17. The zero-order chi connectivity index (χ0) is 12.3. The lowest BCUT2D eigenvalue weighted by Crippen LogP contribution is -2.20. The minimum absolute atomic E-state index is 0.0918. The summed E-state index contributed by atoms with van der Waals surface area (Å²) in [6, 6.07) is 5.85. The van der Waals surface area contributed by atoms with Crippen molar-refractivity contribution in [2.75, 3.05) is 19.8 Å². The normalized spacial score (nSPS) is 16.0. The van der Waals surface area contributed by atoms with Crippen molar-refractivity contribution in [3.63, 3.8) is 0 Å². The van der Waals surface area contributed by atoms with Gasteiger partial charge in [0.25, 0.3) is 0 Å². The van der Waals surface area contributed by atoms with Crippen LogP contribution in [-0.4, -0.2) is 25.9 Å². The molecule has 0 spiro atoms. The zero-order valence-electron chi connectivity index (χ0n) is 10.3. The average Bonchev–Trinajstić information content (AvgIpc) is 2.35. The van der Waals surface area contributed by atoms with Crippen LogP contribution >= 0.6 is 0 Å². The molecule has 94 valence electrons. The summed E-state index contributed by atoms with van der Waals surface area (Å²) in [5.74, 6) is 1.57. The molecule has 1 aromatic carbocycles. The lowest BCUT2D eigenvalue weighted by Gasteiger charge is -2.23. The standard InChI is InChI=1S/C13H19NO3/c1-9(2)17-13(8-14)10-3-4-11-12(7-10)16-6-5-15-11/h3-4,7,9,13H,5-6,8,14H2,1-2H3/t13-/m0/s1. The lowest BCUT2D eigenvalue weighted by atomic mass is 10.1. The molecule has 2 N–H and O–H groups in total. The van der Waals surface area contributed by atoms with E-state index in [1.807, 2.05) is 32.0 Å². The fourth-order valence-electron chi connectivity index (χ4n) is 1.86. The molecule has 0 amide bonds. The number of fused-ring (bicyclic) bond motifs is 1. The molecule has 0 radical (unpaired) electrons. The first kappa shape index (κ1) is 12.2. The van der Waals surface area contributed by atoms with Gasteiger partial charge in [0.05, 0.1) is 12.2 Å². The highest BCUT2D eigenvalue weighted by Crippen LogP contribution is 2.33. The highest BCUT2D eigenvalue weighted by molar-refractivity contribution is 5.44. The number of hydrogen-bond donors (Lipinski definition) is 1. The van der Waals surface area contributed by atoms with E-state index in [0.29, 0.717) is 19.8 Å². The van der Waals surface area contributed by atoms with Crippen molar-refractivity contribution in [2.45, 2.75) is 26.1 Å². The molecular weight excluding hydrogens is 218 g/mol. The van der Waals surface area contributed by atoms with E-state index in [-0.39, 0.29) is 12.2 Å². The Morgan fingerprint density at radius 1 is 1.24 bits per heavy atom.